The van der Waals surface area contributed by atoms with Crippen LogP contribution in [0.2, 0.25) is 0 Å². The van der Waals surface area contributed by atoms with Crippen molar-refractivity contribution in [2.45, 2.75) is 20.3 Å². The molecule has 1 N–H and O–H groups in total. The number of hydrogen-bond acceptors (Lipinski definition) is 6. The SMILES string of the molecule is COC(=O)Cc1c(OC(C)=O)[nH]c(C)c1C(=O)OC. The molecule has 0 aromatic carbocycles. The number of carbonyl (C=O) groups excluding carboxylic acids is 3. The van der Waals surface area contributed by atoms with E-state index in [1.54, 1.807) is 6.92 Å². The highest BCUT2D eigenvalue weighted by Gasteiger charge is 2.25. The number of nitrogens with one attached hydrogen (secondary N) is 1. The lowest BCUT2D eigenvalue weighted by atomic mass is 10.1. The summed E-state index contributed by atoms with van der Waals surface area (Å²) in [5.74, 6) is -1.69. The standard InChI is InChI=1S/C12H15NO6/c1-6-10(12(16)18-4)8(5-9(15)17-3)11(13-6)19-7(2)14/h13H,5H2,1-4H3. The maximum Gasteiger partial charge on any atom is 0.340 e. The lowest BCUT2D eigenvalue weighted by Gasteiger charge is -2.05. The van der Waals surface area contributed by atoms with Crippen molar-refractivity contribution >= 4 is 17.9 Å². The third-order valence-electron chi connectivity index (χ3n) is 2.44. The van der Waals surface area contributed by atoms with E-state index in [1.807, 2.05) is 0 Å². The number of H-pyrrole nitrogens is 1. The van der Waals surface area contributed by atoms with Crippen LogP contribution in [0.5, 0.6) is 5.88 Å². The van der Waals surface area contributed by atoms with E-state index < -0.39 is 17.9 Å². The van der Waals surface area contributed by atoms with Gasteiger partial charge >= 0.3 is 17.9 Å². The van der Waals surface area contributed by atoms with Crippen LogP contribution in [0.15, 0.2) is 0 Å². The Kier molecular flexibility index (Phi) is 4.68. The topological polar surface area (TPSA) is 94.7 Å². The second-order valence-corrected chi connectivity index (χ2v) is 3.77. The number of ether oxygens (including phenoxy) is 3. The molecular weight excluding hydrogens is 254 g/mol. The summed E-state index contributed by atoms with van der Waals surface area (Å²) in [5, 5.41) is 0. The molecule has 0 aliphatic heterocycles. The second kappa shape index (κ2) is 6.03. The monoisotopic (exact) mass is 269 g/mol. The molecule has 0 spiro atoms. The fourth-order valence-corrected chi connectivity index (χ4v) is 1.64. The molecule has 1 rings (SSSR count). The molecule has 0 amide bonds. The molecule has 0 aliphatic rings. The molecule has 0 aliphatic carbocycles. The minimum Gasteiger partial charge on any atom is -0.469 e. The maximum atomic E-state index is 11.7. The van der Waals surface area contributed by atoms with Crippen molar-refractivity contribution in [3.8, 4) is 5.88 Å². The van der Waals surface area contributed by atoms with E-state index >= 15 is 0 Å². The first-order valence-corrected chi connectivity index (χ1v) is 5.45. The predicted molar refractivity (Wildman–Crippen MR) is 63.9 cm³/mol. The number of methoxy groups -OCH3 is 2. The van der Waals surface area contributed by atoms with E-state index in [0.717, 1.165) is 0 Å². The lowest BCUT2D eigenvalue weighted by molar-refractivity contribution is -0.140. The first-order chi connectivity index (χ1) is 8.90. The van der Waals surface area contributed by atoms with E-state index in [1.165, 1.54) is 21.1 Å². The second-order valence-electron chi connectivity index (χ2n) is 3.77. The quantitative estimate of drug-likeness (QED) is 0.810. The van der Waals surface area contributed by atoms with Crippen LogP contribution in [-0.2, 0) is 25.5 Å². The van der Waals surface area contributed by atoms with Crippen LogP contribution < -0.4 is 4.74 Å². The van der Waals surface area contributed by atoms with Gasteiger partial charge in [-0.3, -0.25) is 9.59 Å². The van der Waals surface area contributed by atoms with Gasteiger partial charge < -0.3 is 19.2 Å². The number of aromatic nitrogens is 1. The van der Waals surface area contributed by atoms with Crippen molar-refractivity contribution in [1.82, 2.24) is 4.98 Å². The summed E-state index contributed by atoms with van der Waals surface area (Å²) in [6.07, 6.45) is -0.201. The molecule has 19 heavy (non-hydrogen) atoms. The van der Waals surface area contributed by atoms with Gasteiger partial charge in [0.2, 0.25) is 5.88 Å². The van der Waals surface area contributed by atoms with Crippen molar-refractivity contribution in [2.24, 2.45) is 0 Å². The van der Waals surface area contributed by atoms with Gasteiger partial charge in [0.25, 0.3) is 0 Å². The van der Waals surface area contributed by atoms with Crippen molar-refractivity contribution in [3.63, 3.8) is 0 Å². The Bertz CT molecular complexity index is 517. The molecule has 7 nitrogen and oxygen atoms in total. The molecule has 0 fully saturated rings. The highest BCUT2D eigenvalue weighted by molar-refractivity contribution is 5.95. The van der Waals surface area contributed by atoms with Gasteiger partial charge in [0.05, 0.1) is 26.2 Å². The van der Waals surface area contributed by atoms with Gasteiger partial charge in [-0.1, -0.05) is 0 Å². The molecule has 1 heterocycles. The Hall–Kier alpha value is -2.31. The van der Waals surface area contributed by atoms with E-state index in [4.69, 9.17) is 4.74 Å². The highest BCUT2D eigenvalue weighted by atomic mass is 16.5. The molecule has 104 valence electrons. The first kappa shape index (κ1) is 14.7. The van der Waals surface area contributed by atoms with Crippen LogP contribution in [0.4, 0.5) is 0 Å². The van der Waals surface area contributed by atoms with Crippen molar-refractivity contribution in [1.29, 1.82) is 0 Å². The zero-order valence-electron chi connectivity index (χ0n) is 11.2. The van der Waals surface area contributed by atoms with E-state index in [-0.39, 0.29) is 23.4 Å². The van der Waals surface area contributed by atoms with Crippen molar-refractivity contribution < 1.29 is 28.6 Å². The van der Waals surface area contributed by atoms with Gasteiger partial charge in [-0.05, 0) is 6.92 Å². The van der Waals surface area contributed by atoms with Crippen LogP contribution in [0.3, 0.4) is 0 Å². The summed E-state index contributed by atoms with van der Waals surface area (Å²) in [6, 6.07) is 0. The number of carbonyl (C=O) groups is 3. The molecule has 0 radical (unpaired) electrons. The Morgan fingerprint density at radius 2 is 1.79 bits per heavy atom. The summed E-state index contributed by atoms with van der Waals surface area (Å²) in [4.78, 5) is 36.8. The van der Waals surface area contributed by atoms with Gasteiger partial charge in [-0.2, -0.15) is 0 Å². The highest BCUT2D eigenvalue weighted by Crippen LogP contribution is 2.27. The zero-order chi connectivity index (χ0) is 14.6. The molecule has 1 aromatic rings. The number of esters is 3. The van der Waals surface area contributed by atoms with Crippen molar-refractivity contribution in [2.75, 3.05) is 14.2 Å². The van der Waals surface area contributed by atoms with Gasteiger partial charge in [0.15, 0.2) is 0 Å². The summed E-state index contributed by atoms with van der Waals surface area (Å²) >= 11 is 0. The van der Waals surface area contributed by atoms with Crippen LogP contribution in [0, 0.1) is 6.92 Å². The number of aryl methyl sites for hydroxylation is 1. The predicted octanol–water partition coefficient (Wildman–Crippen LogP) is 0.751. The first-order valence-electron chi connectivity index (χ1n) is 5.45. The van der Waals surface area contributed by atoms with Crippen molar-refractivity contribution in [3.05, 3.63) is 16.8 Å². The van der Waals surface area contributed by atoms with Gasteiger partial charge in [0, 0.05) is 18.2 Å². The number of hydrogen-bond donors (Lipinski definition) is 1. The zero-order valence-corrected chi connectivity index (χ0v) is 11.2. The maximum absolute atomic E-state index is 11.7. The van der Waals surface area contributed by atoms with Crippen LogP contribution >= 0.6 is 0 Å². The molecule has 0 bridgehead atoms. The normalized spacial score (nSPS) is 9.89. The fourth-order valence-electron chi connectivity index (χ4n) is 1.64. The summed E-state index contributed by atoms with van der Waals surface area (Å²) < 4.78 is 14.1. The van der Waals surface area contributed by atoms with Gasteiger partial charge in [0.1, 0.15) is 0 Å². The van der Waals surface area contributed by atoms with Crippen LogP contribution in [0.1, 0.15) is 28.5 Å². The van der Waals surface area contributed by atoms with Crippen LogP contribution in [0.25, 0.3) is 0 Å². The number of rotatable bonds is 4. The molecular formula is C12H15NO6. The van der Waals surface area contributed by atoms with E-state index in [0.29, 0.717) is 5.69 Å². The summed E-state index contributed by atoms with van der Waals surface area (Å²) in [5.41, 5.74) is 0.859. The molecule has 7 heteroatoms. The Morgan fingerprint density at radius 3 is 2.26 bits per heavy atom. The van der Waals surface area contributed by atoms with E-state index in [2.05, 4.69) is 14.5 Å². The Morgan fingerprint density at radius 1 is 1.16 bits per heavy atom. The van der Waals surface area contributed by atoms with Crippen LogP contribution in [-0.4, -0.2) is 37.1 Å². The number of aromatic amines is 1. The summed E-state index contributed by atoms with van der Waals surface area (Å²) in [6.45, 7) is 2.83. The average Bonchev–Trinajstić information content (AvgIpc) is 2.63. The molecule has 0 atom stereocenters. The van der Waals surface area contributed by atoms with E-state index in [9.17, 15) is 14.4 Å². The molecule has 0 saturated carbocycles. The molecule has 0 unspecified atom stereocenters. The molecule has 1 aromatic heterocycles. The minimum atomic E-state index is -0.619. The fraction of sp³-hybridized carbons (Fsp3) is 0.417. The third-order valence-corrected chi connectivity index (χ3v) is 2.44. The minimum absolute atomic E-state index is 0.0517. The lowest BCUT2D eigenvalue weighted by Crippen LogP contribution is -2.12. The Balaban J connectivity index is 3.28. The third kappa shape index (κ3) is 3.34. The molecule has 0 saturated heterocycles. The Labute approximate surface area is 109 Å². The summed E-state index contributed by atoms with van der Waals surface area (Å²) in [7, 11) is 2.45. The van der Waals surface area contributed by atoms with Gasteiger partial charge in [-0.25, -0.2) is 4.79 Å². The van der Waals surface area contributed by atoms with Gasteiger partial charge in [-0.15, -0.1) is 0 Å². The average molecular weight is 269 g/mol. The largest absolute Gasteiger partial charge is 0.469 e. The smallest absolute Gasteiger partial charge is 0.340 e.